The van der Waals surface area contributed by atoms with Gasteiger partial charge in [0.1, 0.15) is 0 Å². The SMILES string of the molecule is COc1ccc(C(=O)N2CCC(S(=O)(=O)Cc3ccccc3)CC2)cc1F. The molecule has 0 saturated carbocycles. The van der Waals surface area contributed by atoms with Crippen LogP contribution in [0, 0.1) is 5.82 Å². The lowest BCUT2D eigenvalue weighted by Gasteiger charge is -2.32. The molecule has 0 unspecified atom stereocenters. The summed E-state index contributed by atoms with van der Waals surface area (Å²) >= 11 is 0. The predicted molar refractivity (Wildman–Crippen MR) is 101 cm³/mol. The van der Waals surface area contributed by atoms with Crippen LogP contribution in [0.2, 0.25) is 0 Å². The molecule has 0 radical (unpaired) electrons. The van der Waals surface area contributed by atoms with Gasteiger partial charge in [-0.1, -0.05) is 30.3 Å². The Morgan fingerprint density at radius 3 is 2.41 bits per heavy atom. The van der Waals surface area contributed by atoms with Crippen LogP contribution in [0.5, 0.6) is 5.75 Å². The number of hydrogen-bond acceptors (Lipinski definition) is 4. The van der Waals surface area contributed by atoms with Gasteiger partial charge in [0.05, 0.1) is 18.1 Å². The van der Waals surface area contributed by atoms with Gasteiger partial charge in [-0.15, -0.1) is 0 Å². The van der Waals surface area contributed by atoms with Gasteiger partial charge in [-0.3, -0.25) is 4.79 Å². The van der Waals surface area contributed by atoms with Gasteiger partial charge in [0.25, 0.3) is 5.91 Å². The Labute approximate surface area is 158 Å². The first kappa shape index (κ1) is 19.4. The zero-order chi connectivity index (χ0) is 19.4. The number of halogens is 1. The van der Waals surface area contributed by atoms with E-state index in [-0.39, 0.29) is 23.0 Å². The van der Waals surface area contributed by atoms with E-state index in [9.17, 15) is 17.6 Å². The largest absolute Gasteiger partial charge is 0.494 e. The fourth-order valence-corrected chi connectivity index (χ4v) is 5.15. The second-order valence-corrected chi connectivity index (χ2v) is 8.91. The Morgan fingerprint density at radius 2 is 1.81 bits per heavy atom. The molecule has 2 aromatic rings. The van der Waals surface area contributed by atoms with Gasteiger partial charge in [-0.25, -0.2) is 12.8 Å². The van der Waals surface area contributed by atoms with Gasteiger partial charge >= 0.3 is 0 Å². The number of nitrogens with zero attached hydrogens (tertiary/aromatic N) is 1. The van der Waals surface area contributed by atoms with E-state index < -0.39 is 20.9 Å². The summed E-state index contributed by atoms with van der Waals surface area (Å²) in [7, 11) is -1.92. The van der Waals surface area contributed by atoms with Crippen molar-refractivity contribution in [2.24, 2.45) is 0 Å². The summed E-state index contributed by atoms with van der Waals surface area (Å²) < 4.78 is 44.0. The highest BCUT2D eigenvalue weighted by Gasteiger charge is 2.32. The first-order valence-electron chi connectivity index (χ1n) is 8.79. The molecule has 0 N–H and O–H groups in total. The molecule has 1 amide bonds. The van der Waals surface area contributed by atoms with Gasteiger partial charge < -0.3 is 9.64 Å². The molecule has 2 aromatic carbocycles. The van der Waals surface area contributed by atoms with E-state index in [1.54, 1.807) is 17.0 Å². The topological polar surface area (TPSA) is 63.7 Å². The van der Waals surface area contributed by atoms with E-state index in [0.717, 1.165) is 11.6 Å². The van der Waals surface area contributed by atoms with Crippen LogP contribution in [0.3, 0.4) is 0 Å². The lowest BCUT2D eigenvalue weighted by molar-refractivity contribution is 0.0725. The number of methoxy groups -OCH3 is 1. The summed E-state index contributed by atoms with van der Waals surface area (Å²) in [6.07, 6.45) is 0.777. The van der Waals surface area contributed by atoms with Crippen LogP contribution in [-0.4, -0.2) is 44.7 Å². The van der Waals surface area contributed by atoms with E-state index in [0.29, 0.717) is 25.9 Å². The number of piperidine rings is 1. The number of carbonyl (C=O) groups excluding carboxylic acids is 1. The van der Waals surface area contributed by atoms with Gasteiger partial charge in [0, 0.05) is 18.7 Å². The Kier molecular flexibility index (Phi) is 5.79. The van der Waals surface area contributed by atoms with Gasteiger partial charge in [0.15, 0.2) is 21.4 Å². The molecule has 5 nitrogen and oxygen atoms in total. The van der Waals surface area contributed by atoms with Crippen LogP contribution < -0.4 is 4.74 Å². The van der Waals surface area contributed by atoms with Gasteiger partial charge in [-0.05, 0) is 36.6 Å². The van der Waals surface area contributed by atoms with Crippen LogP contribution in [-0.2, 0) is 15.6 Å². The summed E-state index contributed by atoms with van der Waals surface area (Å²) in [5.41, 5.74) is 1.00. The molecule has 0 spiro atoms. The van der Waals surface area contributed by atoms with Crippen molar-refractivity contribution in [3.8, 4) is 5.75 Å². The molecule has 1 saturated heterocycles. The van der Waals surface area contributed by atoms with Crippen molar-refractivity contribution >= 4 is 15.7 Å². The lowest BCUT2D eigenvalue weighted by atomic mass is 10.1. The van der Waals surface area contributed by atoms with E-state index in [4.69, 9.17) is 4.74 Å². The molecule has 0 bridgehead atoms. The maximum absolute atomic E-state index is 13.8. The lowest BCUT2D eigenvalue weighted by Crippen LogP contribution is -2.42. The summed E-state index contributed by atoms with van der Waals surface area (Å²) in [5, 5.41) is -0.464. The number of hydrogen-bond donors (Lipinski definition) is 0. The Bertz CT molecular complexity index is 907. The highest BCUT2D eigenvalue weighted by Crippen LogP contribution is 2.24. The maximum Gasteiger partial charge on any atom is 0.253 e. The highest BCUT2D eigenvalue weighted by molar-refractivity contribution is 7.91. The molecular weight excluding hydrogens is 369 g/mol. The number of carbonyl (C=O) groups is 1. The molecule has 1 fully saturated rings. The standard InChI is InChI=1S/C20H22FNO4S/c1-26-19-8-7-16(13-18(19)21)20(23)22-11-9-17(10-12-22)27(24,25)14-15-5-3-2-4-6-15/h2-8,13,17H,9-12,14H2,1H3. The maximum atomic E-state index is 13.8. The highest BCUT2D eigenvalue weighted by atomic mass is 32.2. The fourth-order valence-electron chi connectivity index (χ4n) is 3.32. The van der Waals surface area contributed by atoms with Crippen molar-refractivity contribution in [2.75, 3.05) is 20.2 Å². The second-order valence-electron chi connectivity index (χ2n) is 6.63. The number of ether oxygens (including phenoxy) is 1. The molecule has 0 aliphatic carbocycles. The van der Waals surface area contributed by atoms with E-state index in [2.05, 4.69) is 0 Å². The van der Waals surface area contributed by atoms with E-state index >= 15 is 0 Å². The number of likely N-dealkylation sites (tertiary alicyclic amines) is 1. The Morgan fingerprint density at radius 1 is 1.15 bits per heavy atom. The van der Waals surface area contributed by atoms with Crippen molar-refractivity contribution in [3.63, 3.8) is 0 Å². The van der Waals surface area contributed by atoms with Crippen LogP contribution >= 0.6 is 0 Å². The number of benzene rings is 2. The monoisotopic (exact) mass is 391 g/mol. The average molecular weight is 391 g/mol. The van der Waals surface area contributed by atoms with Crippen molar-refractivity contribution in [1.29, 1.82) is 0 Å². The third-order valence-corrected chi connectivity index (χ3v) is 7.07. The first-order chi connectivity index (χ1) is 12.9. The number of amides is 1. The molecule has 7 heteroatoms. The van der Waals surface area contributed by atoms with Gasteiger partial charge in [0.2, 0.25) is 0 Å². The van der Waals surface area contributed by atoms with Crippen molar-refractivity contribution in [3.05, 3.63) is 65.5 Å². The Hall–Kier alpha value is -2.41. The van der Waals surface area contributed by atoms with Crippen molar-refractivity contribution in [2.45, 2.75) is 23.8 Å². The van der Waals surface area contributed by atoms with Crippen molar-refractivity contribution in [1.82, 2.24) is 4.90 Å². The van der Waals surface area contributed by atoms with Crippen LogP contribution in [0.15, 0.2) is 48.5 Å². The molecule has 1 heterocycles. The smallest absolute Gasteiger partial charge is 0.253 e. The van der Waals surface area contributed by atoms with Crippen LogP contribution in [0.25, 0.3) is 0 Å². The molecule has 1 aliphatic rings. The number of rotatable bonds is 5. The molecule has 1 aliphatic heterocycles. The quantitative estimate of drug-likeness (QED) is 0.786. The van der Waals surface area contributed by atoms with Gasteiger partial charge in [-0.2, -0.15) is 0 Å². The minimum Gasteiger partial charge on any atom is -0.494 e. The average Bonchev–Trinajstić information content (AvgIpc) is 2.68. The third kappa shape index (κ3) is 4.47. The Balaban J connectivity index is 1.63. The second kappa shape index (κ2) is 8.08. The third-order valence-electron chi connectivity index (χ3n) is 4.85. The summed E-state index contributed by atoms with van der Waals surface area (Å²) in [5.74, 6) is -0.799. The summed E-state index contributed by atoms with van der Waals surface area (Å²) in [6, 6.07) is 13.2. The predicted octanol–water partition coefficient (Wildman–Crippen LogP) is 3.05. The van der Waals surface area contributed by atoms with Crippen LogP contribution in [0.1, 0.15) is 28.8 Å². The molecule has 3 rings (SSSR count). The normalized spacial score (nSPS) is 15.6. The number of sulfone groups is 1. The zero-order valence-corrected chi connectivity index (χ0v) is 15.9. The molecule has 144 valence electrons. The minimum atomic E-state index is -3.28. The molecule has 27 heavy (non-hydrogen) atoms. The fraction of sp³-hybridized carbons (Fsp3) is 0.350. The first-order valence-corrected chi connectivity index (χ1v) is 10.5. The minimum absolute atomic E-state index is 0.0101. The van der Waals surface area contributed by atoms with Crippen LogP contribution in [0.4, 0.5) is 4.39 Å². The molecule has 0 atom stereocenters. The molecular formula is C20H22FNO4S. The van der Waals surface area contributed by atoms with E-state index in [1.165, 1.54) is 19.2 Å². The van der Waals surface area contributed by atoms with Crippen molar-refractivity contribution < 1.29 is 22.3 Å². The van der Waals surface area contributed by atoms with E-state index in [1.807, 2.05) is 18.2 Å². The summed E-state index contributed by atoms with van der Waals surface area (Å²) in [4.78, 5) is 14.1. The summed E-state index contributed by atoms with van der Waals surface area (Å²) in [6.45, 7) is 0.677. The molecule has 0 aromatic heterocycles. The zero-order valence-electron chi connectivity index (χ0n) is 15.1.